The Balaban J connectivity index is 2.21. The van der Waals surface area contributed by atoms with Crippen molar-refractivity contribution in [3.8, 4) is 0 Å². The first kappa shape index (κ1) is 15.8. The number of rotatable bonds is 4. The molecule has 110 valence electrons. The van der Waals surface area contributed by atoms with Gasteiger partial charge in [-0.1, -0.05) is 33.6 Å². The summed E-state index contributed by atoms with van der Waals surface area (Å²) >= 11 is 9.27. The zero-order chi connectivity index (χ0) is 15.6. The second kappa shape index (κ2) is 6.45. The molecule has 1 N–H and O–H groups in total. The van der Waals surface area contributed by atoms with E-state index < -0.39 is 4.92 Å². The fourth-order valence-electron chi connectivity index (χ4n) is 2.19. The van der Waals surface area contributed by atoms with Gasteiger partial charge in [0.25, 0.3) is 5.69 Å². The van der Waals surface area contributed by atoms with Crippen molar-refractivity contribution in [2.24, 2.45) is 0 Å². The summed E-state index contributed by atoms with van der Waals surface area (Å²) in [7, 11) is 0. The molecule has 4 nitrogen and oxygen atoms in total. The van der Waals surface area contributed by atoms with Gasteiger partial charge in [0.05, 0.1) is 4.92 Å². The van der Waals surface area contributed by atoms with Crippen LogP contribution in [0.5, 0.6) is 0 Å². The van der Waals surface area contributed by atoms with Crippen LogP contribution in [0.1, 0.15) is 16.7 Å². The Kier molecular flexibility index (Phi) is 4.85. The molecule has 6 heteroatoms. The molecule has 0 fully saturated rings. The first-order chi connectivity index (χ1) is 9.88. The Morgan fingerprint density at radius 1 is 1.24 bits per heavy atom. The number of nitro benzene ring substituents is 1. The predicted molar refractivity (Wildman–Crippen MR) is 89.0 cm³/mol. The quantitative estimate of drug-likeness (QED) is 0.592. The van der Waals surface area contributed by atoms with Gasteiger partial charge in [-0.25, -0.2) is 0 Å². The molecule has 0 bridgehead atoms. The van der Waals surface area contributed by atoms with E-state index >= 15 is 0 Å². The summed E-state index contributed by atoms with van der Waals surface area (Å²) in [5.41, 5.74) is 4.01. The van der Waals surface area contributed by atoms with Gasteiger partial charge in [0.15, 0.2) is 0 Å². The van der Waals surface area contributed by atoms with Crippen LogP contribution in [0.15, 0.2) is 34.8 Å². The van der Waals surface area contributed by atoms with Crippen molar-refractivity contribution < 1.29 is 4.92 Å². The van der Waals surface area contributed by atoms with Crippen LogP contribution in [0, 0.1) is 24.0 Å². The molecule has 0 heterocycles. The molecule has 0 atom stereocenters. The Bertz CT molecular complexity index is 681. The van der Waals surface area contributed by atoms with E-state index in [0.29, 0.717) is 6.54 Å². The number of nitrogens with zero attached hydrogens (tertiary/aromatic N) is 1. The highest BCUT2D eigenvalue weighted by atomic mass is 79.9. The number of anilines is 1. The summed E-state index contributed by atoms with van der Waals surface area (Å²) < 4.78 is 1.03. The highest BCUT2D eigenvalue weighted by molar-refractivity contribution is 9.10. The average molecular weight is 370 g/mol. The van der Waals surface area contributed by atoms with Crippen molar-refractivity contribution in [2.45, 2.75) is 20.4 Å². The molecular formula is C15H14BrClN2O2. The van der Waals surface area contributed by atoms with Crippen LogP contribution in [0.25, 0.3) is 0 Å². The summed E-state index contributed by atoms with van der Waals surface area (Å²) in [5, 5.41) is 14.4. The van der Waals surface area contributed by atoms with E-state index in [1.54, 1.807) is 12.1 Å². The van der Waals surface area contributed by atoms with Crippen LogP contribution < -0.4 is 5.32 Å². The summed E-state index contributed by atoms with van der Waals surface area (Å²) in [4.78, 5) is 10.4. The molecule has 0 aliphatic carbocycles. The topological polar surface area (TPSA) is 55.2 Å². The van der Waals surface area contributed by atoms with Crippen molar-refractivity contribution in [1.82, 2.24) is 0 Å². The molecule has 0 saturated carbocycles. The van der Waals surface area contributed by atoms with Gasteiger partial charge in [0, 0.05) is 22.8 Å². The number of nitro groups is 1. The van der Waals surface area contributed by atoms with E-state index in [1.165, 1.54) is 6.07 Å². The van der Waals surface area contributed by atoms with Gasteiger partial charge in [-0.2, -0.15) is 0 Å². The Morgan fingerprint density at radius 3 is 2.43 bits per heavy atom. The minimum atomic E-state index is -0.470. The Labute approximate surface area is 136 Å². The second-order valence-corrected chi connectivity index (χ2v) is 6.13. The molecule has 0 amide bonds. The number of halogens is 2. The molecule has 21 heavy (non-hydrogen) atoms. The van der Waals surface area contributed by atoms with Crippen LogP contribution in [-0.2, 0) is 6.54 Å². The van der Waals surface area contributed by atoms with Gasteiger partial charge in [-0.15, -0.1) is 0 Å². The fourth-order valence-corrected chi connectivity index (χ4v) is 3.06. The summed E-state index contributed by atoms with van der Waals surface area (Å²) in [6.45, 7) is 4.54. The van der Waals surface area contributed by atoms with Crippen molar-refractivity contribution in [2.75, 3.05) is 5.32 Å². The molecule has 0 saturated heterocycles. The minimum Gasteiger partial charge on any atom is -0.381 e. The van der Waals surface area contributed by atoms with E-state index in [0.717, 1.165) is 26.9 Å². The maximum atomic E-state index is 10.9. The number of hydrogen-bond donors (Lipinski definition) is 1. The number of benzene rings is 2. The van der Waals surface area contributed by atoms with Gasteiger partial charge >= 0.3 is 0 Å². The van der Waals surface area contributed by atoms with Gasteiger partial charge in [0.1, 0.15) is 5.02 Å². The standard InChI is InChI=1S/C15H14BrClN2O2/c1-9-5-12(16)6-10(2)15(9)18-8-11-3-4-13(17)14(7-11)19(20)21/h3-7,18H,8H2,1-2H3. The van der Waals surface area contributed by atoms with E-state index in [2.05, 4.69) is 21.2 Å². The molecule has 0 aliphatic rings. The van der Waals surface area contributed by atoms with Crippen molar-refractivity contribution in [1.29, 1.82) is 0 Å². The summed E-state index contributed by atoms with van der Waals surface area (Å²) in [6, 6.07) is 8.89. The number of nitrogens with one attached hydrogen (secondary N) is 1. The van der Waals surface area contributed by atoms with Crippen LogP contribution >= 0.6 is 27.5 Å². The van der Waals surface area contributed by atoms with Gasteiger partial charge in [0.2, 0.25) is 0 Å². The first-order valence-corrected chi connectivity index (χ1v) is 7.49. The zero-order valence-electron chi connectivity index (χ0n) is 11.6. The van der Waals surface area contributed by atoms with Crippen LogP contribution in [-0.4, -0.2) is 4.92 Å². The Morgan fingerprint density at radius 2 is 1.86 bits per heavy atom. The monoisotopic (exact) mass is 368 g/mol. The molecule has 2 rings (SSSR count). The van der Waals surface area contributed by atoms with Crippen LogP contribution in [0.2, 0.25) is 5.02 Å². The largest absolute Gasteiger partial charge is 0.381 e. The molecule has 2 aromatic carbocycles. The maximum Gasteiger partial charge on any atom is 0.288 e. The van der Waals surface area contributed by atoms with Crippen LogP contribution in [0.4, 0.5) is 11.4 Å². The number of hydrogen-bond acceptors (Lipinski definition) is 3. The third-order valence-corrected chi connectivity index (χ3v) is 3.95. The minimum absolute atomic E-state index is 0.0692. The lowest BCUT2D eigenvalue weighted by atomic mass is 10.1. The van der Waals surface area contributed by atoms with Crippen molar-refractivity contribution >= 4 is 38.9 Å². The molecule has 0 aromatic heterocycles. The lowest BCUT2D eigenvalue weighted by molar-refractivity contribution is -0.384. The van der Waals surface area contributed by atoms with E-state index in [9.17, 15) is 10.1 Å². The van der Waals surface area contributed by atoms with Gasteiger partial charge in [-0.3, -0.25) is 10.1 Å². The smallest absolute Gasteiger partial charge is 0.288 e. The fraction of sp³-hybridized carbons (Fsp3) is 0.200. The van der Waals surface area contributed by atoms with Crippen LogP contribution in [0.3, 0.4) is 0 Å². The highest BCUT2D eigenvalue weighted by Crippen LogP contribution is 2.28. The van der Waals surface area contributed by atoms with E-state index in [4.69, 9.17) is 11.6 Å². The molecule has 0 radical (unpaired) electrons. The maximum absolute atomic E-state index is 10.9. The van der Waals surface area contributed by atoms with Gasteiger partial charge in [-0.05, 0) is 48.7 Å². The molecule has 2 aromatic rings. The number of aryl methyl sites for hydroxylation is 2. The normalized spacial score (nSPS) is 10.5. The molecule has 0 unspecified atom stereocenters. The lowest BCUT2D eigenvalue weighted by Crippen LogP contribution is -2.03. The average Bonchev–Trinajstić information content (AvgIpc) is 2.38. The summed E-state index contributed by atoms with van der Waals surface area (Å²) in [6.07, 6.45) is 0. The first-order valence-electron chi connectivity index (χ1n) is 6.32. The highest BCUT2D eigenvalue weighted by Gasteiger charge is 2.13. The Hall–Kier alpha value is -1.59. The van der Waals surface area contributed by atoms with E-state index in [1.807, 2.05) is 26.0 Å². The molecule has 0 aliphatic heterocycles. The van der Waals surface area contributed by atoms with Crippen molar-refractivity contribution in [3.05, 3.63) is 66.6 Å². The lowest BCUT2D eigenvalue weighted by Gasteiger charge is -2.13. The molecular weight excluding hydrogens is 356 g/mol. The second-order valence-electron chi connectivity index (χ2n) is 4.81. The van der Waals surface area contributed by atoms with Crippen molar-refractivity contribution in [3.63, 3.8) is 0 Å². The van der Waals surface area contributed by atoms with E-state index in [-0.39, 0.29) is 10.7 Å². The third-order valence-electron chi connectivity index (χ3n) is 3.17. The third kappa shape index (κ3) is 3.74. The van der Waals surface area contributed by atoms with Gasteiger partial charge < -0.3 is 5.32 Å². The predicted octanol–water partition coefficient (Wildman–Crippen LogP) is 5.24. The SMILES string of the molecule is Cc1cc(Br)cc(C)c1NCc1ccc(Cl)c([N+](=O)[O-])c1. The zero-order valence-corrected chi connectivity index (χ0v) is 14.0. The summed E-state index contributed by atoms with van der Waals surface area (Å²) in [5.74, 6) is 0. The molecule has 0 spiro atoms.